The number of hydrogen-bond acceptors (Lipinski definition) is 3. The van der Waals surface area contributed by atoms with Gasteiger partial charge in [-0.1, -0.05) is 13.5 Å². The summed E-state index contributed by atoms with van der Waals surface area (Å²) in [5.74, 6) is 0.0168. The minimum atomic E-state index is -0.374. The third-order valence-corrected chi connectivity index (χ3v) is 1.85. The van der Waals surface area contributed by atoms with Crippen molar-refractivity contribution in [2.75, 3.05) is 13.7 Å². The molecule has 0 aliphatic carbocycles. The van der Waals surface area contributed by atoms with Crippen molar-refractivity contribution in [3.05, 3.63) is 12.2 Å². The van der Waals surface area contributed by atoms with Crippen molar-refractivity contribution in [2.24, 2.45) is 5.92 Å². The van der Waals surface area contributed by atoms with Gasteiger partial charge in [-0.05, 0) is 0 Å². The number of esters is 1. The molecule has 0 aromatic carbocycles. The van der Waals surface area contributed by atoms with Gasteiger partial charge in [-0.25, -0.2) is 4.79 Å². The smallest absolute Gasteiger partial charge is 0.335 e. The van der Waals surface area contributed by atoms with Gasteiger partial charge < -0.3 is 9.47 Å². The summed E-state index contributed by atoms with van der Waals surface area (Å²) in [6, 6.07) is 0. The second-order valence-corrected chi connectivity index (χ2v) is 2.75. The summed E-state index contributed by atoms with van der Waals surface area (Å²) < 4.78 is 9.63. The van der Waals surface area contributed by atoms with Crippen molar-refractivity contribution in [1.29, 1.82) is 0 Å². The van der Waals surface area contributed by atoms with E-state index >= 15 is 0 Å². The lowest BCUT2D eigenvalue weighted by molar-refractivity contribution is -0.143. The molecule has 0 amide bonds. The molecule has 1 heterocycles. The molecule has 1 aliphatic rings. The Balaban J connectivity index is 2.48. The minimum absolute atomic E-state index is 0.123. The molecule has 2 unspecified atom stereocenters. The number of rotatable bonds is 2. The number of hydrogen-bond donors (Lipinski definition) is 0. The monoisotopic (exact) mass is 156 g/mol. The first kappa shape index (κ1) is 8.27. The van der Waals surface area contributed by atoms with Gasteiger partial charge in [0.15, 0.2) is 0 Å². The maximum Gasteiger partial charge on any atom is 0.335 e. The van der Waals surface area contributed by atoms with E-state index < -0.39 is 0 Å². The van der Waals surface area contributed by atoms with Crippen molar-refractivity contribution in [3.63, 3.8) is 0 Å². The molecule has 3 nitrogen and oxygen atoms in total. The SMILES string of the molecule is C=C(C(=O)OC)C1OCC1C. The molecule has 0 radical (unpaired) electrons. The average molecular weight is 156 g/mol. The second-order valence-electron chi connectivity index (χ2n) is 2.75. The Bertz CT molecular complexity index is 186. The molecule has 0 spiro atoms. The largest absolute Gasteiger partial charge is 0.466 e. The van der Waals surface area contributed by atoms with Crippen LogP contribution in [0.25, 0.3) is 0 Å². The molecule has 0 bridgehead atoms. The van der Waals surface area contributed by atoms with Gasteiger partial charge in [0.25, 0.3) is 0 Å². The molecule has 0 aromatic heterocycles. The number of carbonyl (C=O) groups excluding carboxylic acids is 1. The van der Waals surface area contributed by atoms with Crippen LogP contribution in [-0.4, -0.2) is 25.8 Å². The lowest BCUT2D eigenvalue weighted by Crippen LogP contribution is -2.41. The Kier molecular flexibility index (Phi) is 2.29. The van der Waals surface area contributed by atoms with Crippen LogP contribution in [0.1, 0.15) is 6.92 Å². The first-order valence-corrected chi connectivity index (χ1v) is 3.55. The maximum absolute atomic E-state index is 10.9. The Morgan fingerprint density at radius 1 is 1.73 bits per heavy atom. The van der Waals surface area contributed by atoms with E-state index in [0.717, 1.165) is 0 Å². The highest BCUT2D eigenvalue weighted by Crippen LogP contribution is 2.25. The molecule has 1 fully saturated rings. The van der Waals surface area contributed by atoms with E-state index in [9.17, 15) is 4.79 Å². The van der Waals surface area contributed by atoms with Crippen LogP contribution in [0.5, 0.6) is 0 Å². The summed E-state index contributed by atoms with van der Waals surface area (Å²) >= 11 is 0. The highest BCUT2D eigenvalue weighted by molar-refractivity contribution is 5.88. The molecule has 3 heteroatoms. The van der Waals surface area contributed by atoms with E-state index in [0.29, 0.717) is 18.1 Å². The summed E-state index contributed by atoms with van der Waals surface area (Å²) in [4.78, 5) is 10.9. The molecule has 0 N–H and O–H groups in total. The highest BCUT2D eigenvalue weighted by atomic mass is 16.5. The molecule has 1 rings (SSSR count). The predicted octanol–water partition coefficient (Wildman–Crippen LogP) is 0.750. The van der Waals surface area contributed by atoms with E-state index in [4.69, 9.17) is 4.74 Å². The average Bonchev–Trinajstić information content (AvgIpc) is 2.00. The van der Waals surface area contributed by atoms with Gasteiger partial charge in [-0.2, -0.15) is 0 Å². The van der Waals surface area contributed by atoms with E-state index in [1.54, 1.807) is 0 Å². The lowest BCUT2D eigenvalue weighted by Gasteiger charge is -2.34. The molecule has 0 aromatic rings. The van der Waals surface area contributed by atoms with Crippen molar-refractivity contribution in [3.8, 4) is 0 Å². The van der Waals surface area contributed by atoms with Crippen LogP contribution < -0.4 is 0 Å². The van der Waals surface area contributed by atoms with E-state index in [1.165, 1.54) is 7.11 Å². The predicted molar refractivity (Wildman–Crippen MR) is 40.1 cm³/mol. The second kappa shape index (κ2) is 3.05. The Labute approximate surface area is 66.0 Å². The first-order valence-electron chi connectivity index (χ1n) is 3.55. The molecule has 2 atom stereocenters. The normalized spacial score (nSPS) is 28.9. The van der Waals surface area contributed by atoms with Crippen molar-refractivity contribution in [2.45, 2.75) is 13.0 Å². The molecule has 1 saturated heterocycles. The fourth-order valence-electron chi connectivity index (χ4n) is 1.08. The van der Waals surface area contributed by atoms with Crippen LogP contribution in [0.15, 0.2) is 12.2 Å². The zero-order valence-corrected chi connectivity index (χ0v) is 6.79. The third kappa shape index (κ3) is 1.43. The number of methoxy groups -OCH3 is 1. The van der Waals surface area contributed by atoms with Gasteiger partial charge in [-0.3, -0.25) is 0 Å². The Morgan fingerprint density at radius 2 is 2.36 bits per heavy atom. The van der Waals surface area contributed by atoms with Crippen molar-refractivity contribution >= 4 is 5.97 Å². The topological polar surface area (TPSA) is 35.5 Å². The fourth-order valence-corrected chi connectivity index (χ4v) is 1.08. The van der Waals surface area contributed by atoms with Crippen LogP contribution >= 0.6 is 0 Å². The van der Waals surface area contributed by atoms with Crippen LogP contribution in [0.3, 0.4) is 0 Å². The highest BCUT2D eigenvalue weighted by Gasteiger charge is 2.33. The van der Waals surface area contributed by atoms with Crippen LogP contribution in [-0.2, 0) is 14.3 Å². The summed E-state index contributed by atoms with van der Waals surface area (Å²) in [6.45, 7) is 6.32. The maximum atomic E-state index is 10.9. The zero-order valence-electron chi connectivity index (χ0n) is 6.79. The minimum Gasteiger partial charge on any atom is -0.466 e. The Morgan fingerprint density at radius 3 is 2.64 bits per heavy atom. The summed E-state index contributed by atoms with van der Waals surface area (Å²) in [6.07, 6.45) is -0.123. The Hall–Kier alpha value is -0.830. The van der Waals surface area contributed by atoms with E-state index in [-0.39, 0.29) is 12.1 Å². The zero-order chi connectivity index (χ0) is 8.43. The summed E-state index contributed by atoms with van der Waals surface area (Å²) in [7, 11) is 1.34. The van der Waals surface area contributed by atoms with Gasteiger partial charge >= 0.3 is 5.97 Å². The number of ether oxygens (including phenoxy) is 2. The molecule has 1 aliphatic heterocycles. The van der Waals surface area contributed by atoms with Crippen molar-refractivity contribution < 1.29 is 14.3 Å². The van der Waals surface area contributed by atoms with Crippen LogP contribution in [0.4, 0.5) is 0 Å². The van der Waals surface area contributed by atoms with Crippen LogP contribution in [0, 0.1) is 5.92 Å². The molecule has 11 heavy (non-hydrogen) atoms. The van der Waals surface area contributed by atoms with Gasteiger partial charge in [-0.15, -0.1) is 0 Å². The molecule has 0 saturated carbocycles. The standard InChI is InChI=1S/C8H12O3/c1-5-4-11-7(5)6(2)8(9)10-3/h5,7H,2,4H2,1,3H3. The molecular formula is C8H12O3. The van der Waals surface area contributed by atoms with Gasteiger partial charge in [0.05, 0.1) is 25.4 Å². The van der Waals surface area contributed by atoms with Gasteiger partial charge in [0.2, 0.25) is 0 Å². The third-order valence-electron chi connectivity index (χ3n) is 1.85. The molecule has 62 valence electrons. The summed E-state index contributed by atoms with van der Waals surface area (Å²) in [5, 5.41) is 0. The van der Waals surface area contributed by atoms with E-state index in [2.05, 4.69) is 11.3 Å². The fraction of sp³-hybridized carbons (Fsp3) is 0.625. The first-order chi connectivity index (χ1) is 5.16. The van der Waals surface area contributed by atoms with Gasteiger partial charge in [0, 0.05) is 5.92 Å². The molecular weight excluding hydrogens is 144 g/mol. The summed E-state index contributed by atoms with van der Waals surface area (Å²) in [5.41, 5.74) is 0.422. The van der Waals surface area contributed by atoms with E-state index in [1.807, 2.05) is 6.92 Å². The quantitative estimate of drug-likeness (QED) is 0.437. The lowest BCUT2D eigenvalue weighted by atomic mass is 9.94. The van der Waals surface area contributed by atoms with Crippen LogP contribution in [0.2, 0.25) is 0 Å². The van der Waals surface area contributed by atoms with Gasteiger partial charge in [0.1, 0.15) is 0 Å². The number of carbonyl (C=O) groups is 1. The van der Waals surface area contributed by atoms with Crippen molar-refractivity contribution in [1.82, 2.24) is 0 Å².